The number of rotatable bonds is 4. The van der Waals surface area contributed by atoms with Crippen LogP contribution in [-0.4, -0.2) is 35.2 Å². The van der Waals surface area contributed by atoms with E-state index in [0.29, 0.717) is 10.9 Å². The van der Waals surface area contributed by atoms with Gasteiger partial charge in [0.05, 0.1) is 10.9 Å². The fourth-order valence-corrected chi connectivity index (χ4v) is 1.48. The van der Waals surface area contributed by atoms with Gasteiger partial charge in [0.1, 0.15) is 12.9 Å². The van der Waals surface area contributed by atoms with Gasteiger partial charge in [-0.05, 0) is 12.1 Å². The maximum absolute atomic E-state index is 11.9. The van der Waals surface area contributed by atoms with Crippen LogP contribution < -0.4 is 10.1 Å². The lowest BCUT2D eigenvalue weighted by Gasteiger charge is -2.09. The molecule has 0 aliphatic rings. The second kappa shape index (κ2) is 5.72. The molecule has 0 fully saturated rings. The molecule has 1 aromatic carbocycles. The molecule has 0 radical (unpaired) electrons. The lowest BCUT2D eigenvalue weighted by atomic mass is 10.2. The van der Waals surface area contributed by atoms with Crippen LogP contribution in [-0.2, 0) is 4.79 Å². The molecule has 1 amide bonds. The number of carbonyl (C=O) groups excluding carboxylic acids is 1. The first-order chi connectivity index (χ1) is 9.46. The number of aromatic nitrogens is 2. The number of halogens is 3. The van der Waals surface area contributed by atoms with E-state index in [9.17, 15) is 18.0 Å². The number of alkyl halides is 3. The van der Waals surface area contributed by atoms with Gasteiger partial charge >= 0.3 is 6.18 Å². The van der Waals surface area contributed by atoms with E-state index in [1.165, 1.54) is 6.33 Å². The van der Waals surface area contributed by atoms with Crippen LogP contribution in [0.4, 0.5) is 13.2 Å². The molecule has 0 aliphatic heterocycles. The predicted octanol–water partition coefficient (Wildman–Crippen LogP) is 1.69. The van der Waals surface area contributed by atoms with Crippen molar-refractivity contribution in [1.29, 1.82) is 0 Å². The largest absolute Gasteiger partial charge is 0.467 e. The summed E-state index contributed by atoms with van der Waals surface area (Å²) in [6.07, 6.45) is -3.19. The van der Waals surface area contributed by atoms with Crippen LogP contribution in [0.2, 0.25) is 0 Å². The van der Waals surface area contributed by atoms with Crippen LogP contribution in [0.3, 0.4) is 0 Å². The van der Waals surface area contributed by atoms with Crippen molar-refractivity contribution in [3.05, 3.63) is 30.6 Å². The van der Waals surface area contributed by atoms with Crippen LogP contribution in [0.1, 0.15) is 0 Å². The van der Waals surface area contributed by atoms with Crippen molar-refractivity contribution >= 4 is 16.8 Å². The number of nitrogens with zero attached hydrogens (tertiary/aromatic N) is 2. The van der Waals surface area contributed by atoms with Crippen molar-refractivity contribution in [3.8, 4) is 5.88 Å². The van der Waals surface area contributed by atoms with Crippen molar-refractivity contribution in [1.82, 2.24) is 15.3 Å². The van der Waals surface area contributed by atoms with E-state index in [1.807, 2.05) is 0 Å². The number of benzene rings is 1. The Hall–Kier alpha value is -2.38. The summed E-state index contributed by atoms with van der Waals surface area (Å²) in [6, 6.07) is 6.93. The Bertz CT molecular complexity index is 611. The molecule has 0 saturated heterocycles. The second-order valence-electron chi connectivity index (χ2n) is 3.88. The lowest BCUT2D eigenvalue weighted by molar-refractivity contribution is -0.139. The molecule has 0 saturated carbocycles. The van der Waals surface area contributed by atoms with Gasteiger partial charge < -0.3 is 10.1 Å². The highest BCUT2D eigenvalue weighted by Gasteiger charge is 2.27. The number of hydrogen-bond acceptors (Lipinski definition) is 4. The average Bonchev–Trinajstić information content (AvgIpc) is 2.42. The number of nitrogens with one attached hydrogen (secondary N) is 1. The second-order valence-corrected chi connectivity index (χ2v) is 3.88. The van der Waals surface area contributed by atoms with Gasteiger partial charge in [0.15, 0.2) is 6.61 Å². The fourth-order valence-electron chi connectivity index (χ4n) is 1.48. The molecule has 8 heteroatoms. The molecule has 1 N–H and O–H groups in total. The third-order valence-electron chi connectivity index (χ3n) is 2.33. The van der Waals surface area contributed by atoms with Gasteiger partial charge in [0.25, 0.3) is 5.91 Å². The molecule has 0 bridgehead atoms. The van der Waals surface area contributed by atoms with Crippen molar-refractivity contribution in [3.63, 3.8) is 0 Å². The van der Waals surface area contributed by atoms with Gasteiger partial charge in [-0.1, -0.05) is 12.1 Å². The summed E-state index contributed by atoms with van der Waals surface area (Å²) in [4.78, 5) is 19.1. The Kier molecular flexibility index (Phi) is 4.02. The minimum atomic E-state index is -4.45. The highest BCUT2D eigenvalue weighted by atomic mass is 19.4. The topological polar surface area (TPSA) is 64.1 Å². The predicted molar refractivity (Wildman–Crippen MR) is 64.1 cm³/mol. The van der Waals surface area contributed by atoms with Crippen LogP contribution in [0, 0.1) is 0 Å². The summed E-state index contributed by atoms with van der Waals surface area (Å²) >= 11 is 0. The van der Waals surface area contributed by atoms with Crippen molar-refractivity contribution in [2.45, 2.75) is 6.18 Å². The number of ether oxygens (including phenoxy) is 1. The number of amides is 1. The molecule has 0 atom stereocenters. The number of carbonyl (C=O) groups is 1. The summed E-state index contributed by atoms with van der Waals surface area (Å²) in [6.45, 7) is -1.93. The molecule has 0 spiro atoms. The van der Waals surface area contributed by atoms with E-state index >= 15 is 0 Å². The number of para-hydroxylation sites is 1. The first-order valence-corrected chi connectivity index (χ1v) is 5.62. The van der Waals surface area contributed by atoms with Crippen LogP contribution in [0.15, 0.2) is 30.6 Å². The highest BCUT2D eigenvalue weighted by molar-refractivity contribution is 5.83. The van der Waals surface area contributed by atoms with E-state index in [4.69, 9.17) is 4.74 Å². The zero-order valence-electron chi connectivity index (χ0n) is 10.1. The van der Waals surface area contributed by atoms with Crippen LogP contribution in [0.25, 0.3) is 10.9 Å². The normalized spacial score (nSPS) is 11.3. The maximum Gasteiger partial charge on any atom is 0.405 e. The number of hydrogen-bond donors (Lipinski definition) is 1. The molecule has 1 heterocycles. The van der Waals surface area contributed by atoms with Gasteiger partial charge in [0, 0.05) is 0 Å². The van der Waals surface area contributed by atoms with E-state index in [0.717, 1.165) is 0 Å². The third-order valence-corrected chi connectivity index (χ3v) is 2.33. The molecule has 0 aliphatic carbocycles. The zero-order chi connectivity index (χ0) is 14.6. The van der Waals surface area contributed by atoms with Crippen LogP contribution in [0.5, 0.6) is 5.88 Å². The Labute approximate surface area is 111 Å². The standard InChI is InChI=1S/C12H10F3N3O2/c13-12(14,15)6-16-10(19)5-20-11-8-3-1-2-4-9(8)17-7-18-11/h1-4,7H,5-6H2,(H,16,19). The van der Waals surface area contributed by atoms with E-state index < -0.39 is 25.2 Å². The van der Waals surface area contributed by atoms with Gasteiger partial charge in [-0.3, -0.25) is 4.79 Å². The SMILES string of the molecule is O=C(COc1ncnc2ccccc12)NCC(F)(F)F. The monoisotopic (exact) mass is 285 g/mol. The van der Waals surface area contributed by atoms with Crippen molar-refractivity contribution < 1.29 is 22.7 Å². The maximum atomic E-state index is 11.9. The van der Waals surface area contributed by atoms with E-state index in [2.05, 4.69) is 9.97 Å². The molecule has 2 rings (SSSR count). The fraction of sp³-hybridized carbons (Fsp3) is 0.250. The average molecular weight is 285 g/mol. The summed E-state index contributed by atoms with van der Waals surface area (Å²) in [5.74, 6) is -0.720. The molecular formula is C12H10F3N3O2. The summed E-state index contributed by atoms with van der Waals surface area (Å²) < 4.78 is 40.8. The van der Waals surface area contributed by atoms with Gasteiger partial charge in [-0.2, -0.15) is 13.2 Å². The van der Waals surface area contributed by atoms with Crippen molar-refractivity contribution in [2.75, 3.05) is 13.2 Å². The van der Waals surface area contributed by atoms with Gasteiger partial charge in [0.2, 0.25) is 5.88 Å². The minimum Gasteiger partial charge on any atom is -0.467 e. The number of fused-ring (bicyclic) bond motifs is 1. The zero-order valence-corrected chi connectivity index (χ0v) is 10.1. The Morgan fingerprint density at radius 2 is 2.00 bits per heavy atom. The molecule has 2 aromatic rings. The van der Waals surface area contributed by atoms with E-state index in [1.54, 1.807) is 29.6 Å². The van der Waals surface area contributed by atoms with Crippen LogP contribution >= 0.6 is 0 Å². The first-order valence-electron chi connectivity index (χ1n) is 5.62. The third kappa shape index (κ3) is 3.81. The summed E-state index contributed by atoms with van der Waals surface area (Å²) in [5.41, 5.74) is 0.619. The van der Waals surface area contributed by atoms with Gasteiger partial charge in [-0.15, -0.1) is 0 Å². The molecule has 20 heavy (non-hydrogen) atoms. The minimum absolute atomic E-state index is 0.151. The highest BCUT2D eigenvalue weighted by Crippen LogP contribution is 2.20. The molecule has 106 valence electrons. The summed E-state index contributed by atoms with van der Waals surface area (Å²) in [5, 5.41) is 2.29. The summed E-state index contributed by atoms with van der Waals surface area (Å²) in [7, 11) is 0. The smallest absolute Gasteiger partial charge is 0.405 e. The Morgan fingerprint density at radius 3 is 2.75 bits per heavy atom. The quantitative estimate of drug-likeness (QED) is 0.928. The molecule has 0 unspecified atom stereocenters. The first kappa shape index (κ1) is 14.0. The molecule has 1 aromatic heterocycles. The molecule has 5 nitrogen and oxygen atoms in total. The van der Waals surface area contributed by atoms with E-state index in [-0.39, 0.29) is 5.88 Å². The Balaban J connectivity index is 1.98. The van der Waals surface area contributed by atoms with Crippen molar-refractivity contribution in [2.24, 2.45) is 0 Å². The lowest BCUT2D eigenvalue weighted by Crippen LogP contribution is -2.36. The van der Waals surface area contributed by atoms with Gasteiger partial charge in [-0.25, -0.2) is 9.97 Å². The Morgan fingerprint density at radius 1 is 1.25 bits per heavy atom. The molecular weight excluding hydrogens is 275 g/mol.